The molecule has 0 radical (unpaired) electrons. The molecule has 0 saturated carbocycles. The lowest BCUT2D eigenvalue weighted by molar-refractivity contribution is 0.545. The molecule has 19 heavy (non-hydrogen) atoms. The molecule has 1 aromatic carbocycles. The molecule has 1 aromatic heterocycles. The Morgan fingerprint density at radius 2 is 2.16 bits per heavy atom. The van der Waals surface area contributed by atoms with Crippen molar-refractivity contribution in [2.45, 2.75) is 31.8 Å². The van der Waals surface area contributed by atoms with Crippen molar-refractivity contribution in [3.05, 3.63) is 47.8 Å². The summed E-state index contributed by atoms with van der Waals surface area (Å²) in [6.45, 7) is 1.88. The van der Waals surface area contributed by atoms with Gasteiger partial charge in [-0.05, 0) is 43.5 Å². The first-order valence-corrected chi connectivity index (χ1v) is 6.68. The molecule has 2 aromatic rings. The lowest BCUT2D eigenvalue weighted by Crippen LogP contribution is -2.18. The van der Waals surface area contributed by atoms with Crippen LogP contribution < -0.4 is 5.32 Å². The zero-order valence-corrected chi connectivity index (χ0v) is 10.7. The summed E-state index contributed by atoms with van der Waals surface area (Å²) in [5, 5.41) is 11.7. The SMILES string of the molecule is Fc1ccc(CCn2cnnc2C2CCCN2)cc1. The van der Waals surface area contributed by atoms with Crippen LogP contribution in [0.2, 0.25) is 0 Å². The number of nitrogens with zero attached hydrogens (tertiary/aromatic N) is 3. The second kappa shape index (κ2) is 5.48. The van der Waals surface area contributed by atoms with Crippen LogP contribution >= 0.6 is 0 Å². The van der Waals surface area contributed by atoms with Gasteiger partial charge in [-0.1, -0.05) is 12.1 Å². The first-order valence-electron chi connectivity index (χ1n) is 6.68. The molecule has 1 aliphatic rings. The molecule has 0 amide bonds. The van der Waals surface area contributed by atoms with Gasteiger partial charge in [0.2, 0.25) is 0 Å². The van der Waals surface area contributed by atoms with Gasteiger partial charge < -0.3 is 9.88 Å². The molecule has 2 heterocycles. The maximum Gasteiger partial charge on any atom is 0.149 e. The van der Waals surface area contributed by atoms with Crippen LogP contribution in [0.15, 0.2) is 30.6 Å². The number of halogens is 1. The highest BCUT2D eigenvalue weighted by Crippen LogP contribution is 2.21. The average Bonchev–Trinajstić information content (AvgIpc) is 3.08. The molecule has 0 spiro atoms. The van der Waals surface area contributed by atoms with Crippen molar-refractivity contribution >= 4 is 0 Å². The number of hydrogen-bond donors (Lipinski definition) is 1. The minimum absolute atomic E-state index is 0.191. The maximum atomic E-state index is 12.8. The van der Waals surface area contributed by atoms with Crippen molar-refractivity contribution in [2.75, 3.05) is 6.54 Å². The minimum Gasteiger partial charge on any atom is -0.316 e. The van der Waals surface area contributed by atoms with E-state index in [4.69, 9.17) is 0 Å². The van der Waals surface area contributed by atoms with Crippen molar-refractivity contribution in [1.82, 2.24) is 20.1 Å². The van der Waals surface area contributed by atoms with E-state index in [1.165, 1.54) is 18.6 Å². The Morgan fingerprint density at radius 1 is 1.32 bits per heavy atom. The van der Waals surface area contributed by atoms with Gasteiger partial charge in [-0.3, -0.25) is 0 Å². The summed E-state index contributed by atoms with van der Waals surface area (Å²) in [5.74, 6) is 0.823. The third-order valence-corrected chi connectivity index (χ3v) is 3.57. The van der Waals surface area contributed by atoms with Gasteiger partial charge in [0.1, 0.15) is 18.0 Å². The third-order valence-electron chi connectivity index (χ3n) is 3.57. The zero-order chi connectivity index (χ0) is 13.1. The second-order valence-corrected chi connectivity index (χ2v) is 4.91. The van der Waals surface area contributed by atoms with E-state index in [0.29, 0.717) is 6.04 Å². The molecule has 0 bridgehead atoms. The Kier molecular flexibility index (Phi) is 3.55. The summed E-state index contributed by atoms with van der Waals surface area (Å²) in [6, 6.07) is 6.98. The van der Waals surface area contributed by atoms with Crippen LogP contribution in [0.4, 0.5) is 4.39 Å². The molecule has 100 valence electrons. The summed E-state index contributed by atoms with van der Waals surface area (Å²) in [7, 11) is 0. The average molecular weight is 260 g/mol. The number of hydrogen-bond acceptors (Lipinski definition) is 3. The molecule has 3 rings (SSSR count). The highest BCUT2D eigenvalue weighted by molar-refractivity contribution is 5.16. The van der Waals surface area contributed by atoms with Crippen LogP contribution in [-0.4, -0.2) is 21.3 Å². The van der Waals surface area contributed by atoms with E-state index in [0.717, 1.165) is 37.3 Å². The quantitative estimate of drug-likeness (QED) is 0.915. The highest BCUT2D eigenvalue weighted by Gasteiger charge is 2.21. The second-order valence-electron chi connectivity index (χ2n) is 4.91. The molecule has 4 nitrogen and oxygen atoms in total. The topological polar surface area (TPSA) is 42.7 Å². The van der Waals surface area contributed by atoms with Gasteiger partial charge in [0.15, 0.2) is 0 Å². The molecule has 1 fully saturated rings. The van der Waals surface area contributed by atoms with E-state index < -0.39 is 0 Å². The van der Waals surface area contributed by atoms with Gasteiger partial charge in [-0.25, -0.2) is 4.39 Å². The van der Waals surface area contributed by atoms with E-state index >= 15 is 0 Å². The van der Waals surface area contributed by atoms with Crippen molar-refractivity contribution in [2.24, 2.45) is 0 Å². The summed E-state index contributed by atoms with van der Waals surface area (Å²) in [5.41, 5.74) is 1.13. The van der Waals surface area contributed by atoms with Crippen molar-refractivity contribution < 1.29 is 4.39 Å². The first-order chi connectivity index (χ1) is 9.33. The Hall–Kier alpha value is -1.75. The number of aromatic nitrogens is 3. The normalized spacial score (nSPS) is 18.9. The fourth-order valence-corrected chi connectivity index (χ4v) is 2.51. The molecule has 1 atom stereocenters. The summed E-state index contributed by atoms with van der Waals surface area (Å²) < 4.78 is 14.9. The van der Waals surface area contributed by atoms with Crippen molar-refractivity contribution in [3.8, 4) is 0 Å². The molecule has 1 unspecified atom stereocenters. The Bertz CT molecular complexity index is 529. The van der Waals surface area contributed by atoms with Gasteiger partial charge in [-0.15, -0.1) is 10.2 Å². The fourth-order valence-electron chi connectivity index (χ4n) is 2.51. The minimum atomic E-state index is -0.191. The van der Waals surface area contributed by atoms with E-state index in [9.17, 15) is 4.39 Å². The first kappa shape index (κ1) is 12.3. The van der Waals surface area contributed by atoms with Crippen molar-refractivity contribution in [1.29, 1.82) is 0 Å². The molecule has 1 saturated heterocycles. The molecule has 5 heteroatoms. The molecular formula is C14H17FN4. The Morgan fingerprint density at radius 3 is 2.89 bits per heavy atom. The van der Waals surface area contributed by atoms with Gasteiger partial charge in [-0.2, -0.15) is 0 Å². The fraction of sp³-hybridized carbons (Fsp3) is 0.429. The summed E-state index contributed by atoms with van der Waals surface area (Å²) in [6.07, 6.45) is 4.95. The molecular weight excluding hydrogens is 243 g/mol. The van der Waals surface area contributed by atoms with E-state index in [1.807, 2.05) is 12.1 Å². The van der Waals surface area contributed by atoms with Gasteiger partial charge in [0.05, 0.1) is 6.04 Å². The molecule has 1 aliphatic heterocycles. The number of benzene rings is 1. The summed E-state index contributed by atoms with van der Waals surface area (Å²) >= 11 is 0. The maximum absolute atomic E-state index is 12.8. The van der Waals surface area contributed by atoms with E-state index in [-0.39, 0.29) is 5.82 Å². The standard InChI is InChI=1S/C14H17FN4/c15-12-5-3-11(4-6-12)7-9-19-10-17-18-14(19)13-2-1-8-16-13/h3-6,10,13,16H,1-2,7-9H2. The highest BCUT2D eigenvalue weighted by atomic mass is 19.1. The van der Waals surface area contributed by atoms with E-state index in [1.54, 1.807) is 6.33 Å². The summed E-state index contributed by atoms with van der Waals surface area (Å²) in [4.78, 5) is 0. The van der Waals surface area contributed by atoms with Crippen molar-refractivity contribution in [3.63, 3.8) is 0 Å². The van der Waals surface area contributed by atoms with Gasteiger partial charge in [0, 0.05) is 6.54 Å². The molecule has 0 aliphatic carbocycles. The zero-order valence-electron chi connectivity index (χ0n) is 10.7. The van der Waals surface area contributed by atoms with Crippen LogP contribution in [0.25, 0.3) is 0 Å². The monoisotopic (exact) mass is 260 g/mol. The predicted molar refractivity (Wildman–Crippen MR) is 70.1 cm³/mol. The largest absolute Gasteiger partial charge is 0.316 e. The Balaban J connectivity index is 1.66. The third kappa shape index (κ3) is 2.81. The number of rotatable bonds is 4. The van der Waals surface area contributed by atoms with Gasteiger partial charge >= 0.3 is 0 Å². The van der Waals surface area contributed by atoms with Crippen LogP contribution in [0.3, 0.4) is 0 Å². The van der Waals surface area contributed by atoms with Crippen LogP contribution in [0.5, 0.6) is 0 Å². The molecule has 1 N–H and O–H groups in total. The lowest BCUT2D eigenvalue weighted by atomic mass is 10.1. The Labute approximate surface area is 111 Å². The number of nitrogens with one attached hydrogen (secondary N) is 1. The van der Waals surface area contributed by atoms with E-state index in [2.05, 4.69) is 20.1 Å². The van der Waals surface area contributed by atoms with Crippen LogP contribution in [0, 0.1) is 5.82 Å². The van der Waals surface area contributed by atoms with Crippen LogP contribution in [-0.2, 0) is 13.0 Å². The van der Waals surface area contributed by atoms with Crippen LogP contribution in [0.1, 0.15) is 30.3 Å². The number of aryl methyl sites for hydroxylation is 2. The smallest absolute Gasteiger partial charge is 0.149 e. The lowest BCUT2D eigenvalue weighted by Gasteiger charge is -2.12. The predicted octanol–water partition coefficient (Wildman–Crippen LogP) is 2.08. The van der Waals surface area contributed by atoms with Gasteiger partial charge in [0.25, 0.3) is 0 Å².